The molecule has 24 heavy (non-hydrogen) atoms. The van der Waals surface area contributed by atoms with Gasteiger partial charge < -0.3 is 15.4 Å². The number of fused-ring (bicyclic) bond motifs is 1. The van der Waals surface area contributed by atoms with Crippen LogP contribution in [0.4, 0.5) is 14.5 Å². The second-order valence-electron chi connectivity index (χ2n) is 5.00. The number of benzene rings is 2. The molecule has 0 aromatic heterocycles. The van der Waals surface area contributed by atoms with Gasteiger partial charge in [0.25, 0.3) is 0 Å². The summed E-state index contributed by atoms with van der Waals surface area (Å²) in [5.74, 6) is -0.475. The Balaban J connectivity index is 1.99. The highest BCUT2D eigenvalue weighted by molar-refractivity contribution is 7.98. The molecule has 1 heterocycles. The van der Waals surface area contributed by atoms with Crippen LogP contribution in [0, 0.1) is 11.6 Å². The predicted molar refractivity (Wildman–Crippen MR) is 93.6 cm³/mol. The molecule has 0 saturated heterocycles. The average Bonchev–Trinajstić information content (AvgIpc) is 2.57. The summed E-state index contributed by atoms with van der Waals surface area (Å²) in [6.45, 7) is 1.08. The molecule has 0 bridgehead atoms. The summed E-state index contributed by atoms with van der Waals surface area (Å²) in [5.41, 5.74) is 1.52. The maximum atomic E-state index is 14.0. The van der Waals surface area contributed by atoms with Crippen LogP contribution in [-0.2, 0) is 4.74 Å². The number of guanidine groups is 1. The van der Waals surface area contributed by atoms with Gasteiger partial charge in [-0.2, -0.15) is 4.40 Å². The first kappa shape index (κ1) is 17.0. The lowest BCUT2D eigenvalue weighted by atomic mass is 10.0. The molecule has 1 aliphatic rings. The Morgan fingerprint density at radius 2 is 2.12 bits per heavy atom. The average molecular weight is 370 g/mol. The highest BCUT2D eigenvalue weighted by atomic mass is 35.5. The van der Waals surface area contributed by atoms with E-state index in [2.05, 4.69) is 15.0 Å². The maximum Gasteiger partial charge on any atom is 0.208 e. The minimum Gasteiger partial charge on any atom is -0.383 e. The number of rotatable bonds is 4. The third-order valence-corrected chi connectivity index (χ3v) is 4.56. The molecule has 0 unspecified atom stereocenters. The Labute approximate surface area is 147 Å². The normalized spacial score (nSPS) is 13.1. The number of nitrogens with zero attached hydrogens (tertiary/aromatic N) is 1. The highest BCUT2D eigenvalue weighted by Gasteiger charge is 2.21. The Morgan fingerprint density at radius 3 is 2.92 bits per heavy atom. The van der Waals surface area contributed by atoms with E-state index in [1.54, 1.807) is 13.2 Å². The summed E-state index contributed by atoms with van der Waals surface area (Å²) in [6, 6.07) is 7.15. The van der Waals surface area contributed by atoms with E-state index in [4.69, 9.17) is 16.3 Å². The van der Waals surface area contributed by atoms with Gasteiger partial charge in [-0.25, -0.2) is 8.78 Å². The lowest BCUT2D eigenvalue weighted by Crippen LogP contribution is -2.34. The molecule has 3 rings (SSSR count). The van der Waals surface area contributed by atoms with Crippen molar-refractivity contribution in [3.05, 3.63) is 47.0 Å². The fourth-order valence-electron chi connectivity index (χ4n) is 2.29. The largest absolute Gasteiger partial charge is 0.383 e. The van der Waals surface area contributed by atoms with Crippen molar-refractivity contribution in [1.29, 1.82) is 0 Å². The summed E-state index contributed by atoms with van der Waals surface area (Å²) in [5, 5.41) is 6.14. The molecule has 8 heteroatoms. The van der Waals surface area contributed by atoms with Crippen LogP contribution >= 0.6 is 23.5 Å². The summed E-state index contributed by atoms with van der Waals surface area (Å²) in [7, 11) is 1.61. The first-order valence-corrected chi connectivity index (χ1v) is 8.28. The molecular weight excluding hydrogens is 356 g/mol. The van der Waals surface area contributed by atoms with E-state index < -0.39 is 11.6 Å². The summed E-state index contributed by atoms with van der Waals surface area (Å²) < 4.78 is 37.0. The lowest BCUT2D eigenvalue weighted by Gasteiger charge is -2.22. The van der Waals surface area contributed by atoms with E-state index in [1.807, 2.05) is 0 Å². The maximum absolute atomic E-state index is 14.0. The van der Waals surface area contributed by atoms with Gasteiger partial charge >= 0.3 is 0 Å². The van der Waals surface area contributed by atoms with Gasteiger partial charge in [-0.05, 0) is 18.2 Å². The van der Waals surface area contributed by atoms with Crippen molar-refractivity contribution in [3.63, 3.8) is 0 Å². The molecule has 0 amide bonds. The van der Waals surface area contributed by atoms with Crippen LogP contribution in [0.2, 0.25) is 5.02 Å². The monoisotopic (exact) mass is 369 g/mol. The number of halogens is 3. The second-order valence-corrected chi connectivity index (χ2v) is 6.19. The highest BCUT2D eigenvalue weighted by Crippen LogP contribution is 2.42. The van der Waals surface area contributed by atoms with E-state index in [9.17, 15) is 8.78 Å². The fourth-order valence-corrected chi connectivity index (χ4v) is 3.24. The van der Waals surface area contributed by atoms with Crippen LogP contribution in [0.15, 0.2) is 39.6 Å². The number of hydrogen-bond acceptors (Lipinski definition) is 5. The zero-order valence-corrected chi connectivity index (χ0v) is 14.3. The second kappa shape index (κ2) is 7.38. The molecule has 0 spiro atoms. The van der Waals surface area contributed by atoms with Gasteiger partial charge in [0.05, 0.1) is 22.2 Å². The van der Waals surface area contributed by atoms with Crippen molar-refractivity contribution in [2.24, 2.45) is 4.40 Å². The van der Waals surface area contributed by atoms with Crippen LogP contribution in [0.5, 0.6) is 0 Å². The van der Waals surface area contributed by atoms with E-state index in [0.717, 1.165) is 11.9 Å². The van der Waals surface area contributed by atoms with Crippen molar-refractivity contribution in [3.8, 4) is 11.1 Å². The van der Waals surface area contributed by atoms with Gasteiger partial charge in [0.2, 0.25) is 5.96 Å². The third-order valence-electron chi connectivity index (χ3n) is 3.39. The van der Waals surface area contributed by atoms with Crippen LogP contribution in [0.25, 0.3) is 11.1 Å². The van der Waals surface area contributed by atoms with E-state index in [1.165, 1.54) is 24.3 Å². The molecule has 0 fully saturated rings. The molecule has 2 aromatic rings. The summed E-state index contributed by atoms with van der Waals surface area (Å²) in [6.07, 6.45) is 0. The first-order valence-electron chi connectivity index (χ1n) is 7.13. The third kappa shape index (κ3) is 3.48. The van der Waals surface area contributed by atoms with Crippen molar-refractivity contribution in [2.75, 3.05) is 25.6 Å². The van der Waals surface area contributed by atoms with Gasteiger partial charge in [0.1, 0.15) is 11.6 Å². The zero-order valence-electron chi connectivity index (χ0n) is 12.7. The van der Waals surface area contributed by atoms with Gasteiger partial charge in [0.15, 0.2) is 0 Å². The summed E-state index contributed by atoms with van der Waals surface area (Å²) >= 11 is 7.20. The number of ether oxygens (including phenoxy) is 1. The standard InChI is InChI=1S/C16H14ClF2N3OS/c1-23-6-5-20-16-21-15-11(7-9(18)8-13(15)24-22-16)10-3-2-4-12(19)14(10)17/h2-4,7-8H,5-6H2,1H3,(H2,20,21,22). The number of nitrogens with one attached hydrogen (secondary N) is 2. The van der Waals surface area contributed by atoms with Crippen LogP contribution < -0.4 is 10.6 Å². The van der Waals surface area contributed by atoms with E-state index in [0.29, 0.717) is 40.8 Å². The topological polar surface area (TPSA) is 45.6 Å². The minimum atomic E-state index is -0.553. The molecule has 126 valence electrons. The Kier molecular flexibility index (Phi) is 5.23. The van der Waals surface area contributed by atoms with Gasteiger partial charge in [-0.1, -0.05) is 23.7 Å². The Bertz CT molecular complexity index is 801. The molecule has 0 atom stereocenters. The van der Waals surface area contributed by atoms with Crippen LogP contribution in [-0.4, -0.2) is 26.2 Å². The SMILES string of the molecule is COCCNC1=NSc2cc(F)cc(-c3cccc(F)c3Cl)c2N1. The summed E-state index contributed by atoms with van der Waals surface area (Å²) in [4.78, 5) is 0.600. The minimum absolute atomic E-state index is 0.0477. The van der Waals surface area contributed by atoms with Crippen molar-refractivity contribution >= 4 is 35.2 Å². The van der Waals surface area contributed by atoms with Crippen LogP contribution in [0.3, 0.4) is 0 Å². The predicted octanol–water partition coefficient (Wildman–Crippen LogP) is 4.31. The molecule has 0 aliphatic carbocycles. The first-order chi connectivity index (χ1) is 11.6. The van der Waals surface area contributed by atoms with Gasteiger partial charge in [0, 0.05) is 36.7 Å². The van der Waals surface area contributed by atoms with Crippen molar-refractivity contribution in [1.82, 2.24) is 5.32 Å². The number of methoxy groups -OCH3 is 1. The van der Waals surface area contributed by atoms with E-state index >= 15 is 0 Å². The van der Waals surface area contributed by atoms with Gasteiger partial charge in [-0.3, -0.25) is 0 Å². The Morgan fingerprint density at radius 1 is 1.29 bits per heavy atom. The smallest absolute Gasteiger partial charge is 0.208 e. The lowest BCUT2D eigenvalue weighted by molar-refractivity contribution is 0.204. The molecule has 4 nitrogen and oxygen atoms in total. The van der Waals surface area contributed by atoms with Crippen LogP contribution in [0.1, 0.15) is 0 Å². The molecule has 2 N–H and O–H groups in total. The number of hydrogen-bond donors (Lipinski definition) is 2. The molecule has 1 aliphatic heterocycles. The zero-order chi connectivity index (χ0) is 17.1. The fraction of sp³-hybridized carbons (Fsp3) is 0.188. The Hall–Kier alpha value is -1.83. The van der Waals surface area contributed by atoms with Gasteiger partial charge in [-0.15, -0.1) is 0 Å². The van der Waals surface area contributed by atoms with E-state index in [-0.39, 0.29) is 5.02 Å². The molecule has 2 aromatic carbocycles. The quantitative estimate of drug-likeness (QED) is 0.622. The van der Waals surface area contributed by atoms with Crippen molar-refractivity contribution in [2.45, 2.75) is 4.90 Å². The van der Waals surface area contributed by atoms with Crippen molar-refractivity contribution < 1.29 is 13.5 Å². The number of anilines is 1. The molecule has 0 radical (unpaired) electrons. The molecule has 0 saturated carbocycles. The molecular formula is C16H14ClF2N3OS.